The number of sulfonamides is 1. The van der Waals surface area contributed by atoms with Crippen LogP contribution in [0.1, 0.15) is 21.5 Å². The number of nitrogens with zero attached hydrogens (tertiary/aromatic N) is 2. The van der Waals surface area contributed by atoms with Crippen LogP contribution < -0.4 is 15.0 Å². The molecule has 1 amide bonds. The zero-order chi connectivity index (χ0) is 26.0. The van der Waals surface area contributed by atoms with Gasteiger partial charge < -0.3 is 15.0 Å². The van der Waals surface area contributed by atoms with Gasteiger partial charge in [0.2, 0.25) is 10.0 Å². The first-order chi connectivity index (χ1) is 17.1. The van der Waals surface area contributed by atoms with Crippen LogP contribution in [0, 0.1) is 13.8 Å². The molecule has 1 heterocycles. The van der Waals surface area contributed by atoms with Crippen molar-refractivity contribution in [2.45, 2.75) is 18.7 Å². The van der Waals surface area contributed by atoms with Crippen LogP contribution in [0.25, 0.3) is 0 Å². The maximum absolute atomic E-state index is 13.5. The van der Waals surface area contributed by atoms with E-state index in [1.54, 1.807) is 6.07 Å². The fourth-order valence-corrected chi connectivity index (χ4v) is 6.15. The molecule has 0 atom stereocenters. The number of hydrogen-bond donors (Lipinski definition) is 1. The maximum atomic E-state index is 13.5. The van der Waals surface area contributed by atoms with E-state index in [0.717, 1.165) is 5.69 Å². The number of anilines is 2. The first-order valence-corrected chi connectivity index (χ1v) is 13.6. The molecule has 0 spiro atoms. The molecule has 0 unspecified atom stereocenters. The lowest BCUT2D eigenvalue weighted by Crippen LogP contribution is -2.48. The second-order valence-electron chi connectivity index (χ2n) is 8.55. The molecule has 1 aliphatic rings. The van der Waals surface area contributed by atoms with Crippen LogP contribution in [-0.4, -0.2) is 51.9 Å². The monoisotopic (exact) mass is 547 g/mol. The number of rotatable bonds is 6. The first kappa shape index (κ1) is 26.3. The van der Waals surface area contributed by atoms with Gasteiger partial charge in [-0.2, -0.15) is 4.31 Å². The SMILES string of the molecule is COc1ccc(S(=O)(=O)N2CCN(c3cccc(C)c3C)CC2)cc1NC(=O)c1ccc(Cl)cc1Cl. The molecule has 0 radical (unpaired) electrons. The van der Waals surface area contributed by atoms with Crippen molar-refractivity contribution in [3.63, 3.8) is 0 Å². The van der Waals surface area contributed by atoms with Gasteiger partial charge in [-0.25, -0.2) is 8.42 Å². The zero-order valence-corrected chi connectivity index (χ0v) is 22.5. The molecule has 3 aromatic carbocycles. The van der Waals surface area contributed by atoms with E-state index in [1.807, 2.05) is 6.07 Å². The largest absolute Gasteiger partial charge is 0.495 e. The average molecular weight is 548 g/mol. The number of nitrogens with one attached hydrogen (secondary N) is 1. The summed E-state index contributed by atoms with van der Waals surface area (Å²) in [5.41, 5.74) is 3.96. The molecule has 1 aliphatic heterocycles. The summed E-state index contributed by atoms with van der Waals surface area (Å²) in [5.74, 6) is -0.182. The topological polar surface area (TPSA) is 79.0 Å². The van der Waals surface area contributed by atoms with Crippen molar-refractivity contribution >= 4 is 50.5 Å². The van der Waals surface area contributed by atoms with Crippen molar-refractivity contribution in [1.29, 1.82) is 0 Å². The summed E-state index contributed by atoms with van der Waals surface area (Å²) >= 11 is 12.1. The number of methoxy groups -OCH3 is 1. The Hall–Kier alpha value is -2.78. The van der Waals surface area contributed by atoms with Crippen molar-refractivity contribution in [3.8, 4) is 5.75 Å². The van der Waals surface area contributed by atoms with Crippen LogP contribution in [0.5, 0.6) is 5.75 Å². The minimum atomic E-state index is -3.79. The molecule has 0 saturated carbocycles. The van der Waals surface area contributed by atoms with Gasteiger partial charge in [-0.3, -0.25) is 4.79 Å². The molecule has 0 bridgehead atoms. The second-order valence-corrected chi connectivity index (χ2v) is 11.3. The van der Waals surface area contributed by atoms with Gasteiger partial charge in [0.25, 0.3) is 5.91 Å². The summed E-state index contributed by atoms with van der Waals surface area (Å²) in [5, 5.41) is 3.30. The predicted octanol–water partition coefficient (Wildman–Crippen LogP) is 5.38. The third-order valence-corrected chi connectivity index (χ3v) is 8.83. The van der Waals surface area contributed by atoms with E-state index >= 15 is 0 Å². The van der Waals surface area contributed by atoms with E-state index in [4.69, 9.17) is 27.9 Å². The molecule has 1 saturated heterocycles. The molecular formula is C26H27Cl2N3O4S. The summed E-state index contributed by atoms with van der Waals surface area (Å²) in [6.45, 7) is 6.02. The summed E-state index contributed by atoms with van der Waals surface area (Å²) in [6.07, 6.45) is 0. The average Bonchev–Trinajstić information content (AvgIpc) is 2.85. The molecule has 10 heteroatoms. The van der Waals surface area contributed by atoms with Gasteiger partial charge in [-0.15, -0.1) is 0 Å². The van der Waals surface area contributed by atoms with E-state index in [0.29, 0.717) is 37.0 Å². The quantitative estimate of drug-likeness (QED) is 0.448. The summed E-state index contributed by atoms with van der Waals surface area (Å²) in [7, 11) is -2.35. The number of piperazine rings is 1. The Morgan fingerprint density at radius 1 is 0.972 bits per heavy atom. The van der Waals surface area contributed by atoms with Gasteiger partial charge in [0.05, 0.1) is 28.3 Å². The van der Waals surface area contributed by atoms with Crippen LogP contribution in [0.15, 0.2) is 59.5 Å². The lowest BCUT2D eigenvalue weighted by molar-refractivity contribution is 0.102. The van der Waals surface area contributed by atoms with E-state index < -0.39 is 15.9 Å². The number of amides is 1. The molecule has 7 nitrogen and oxygen atoms in total. The van der Waals surface area contributed by atoms with Gasteiger partial charge >= 0.3 is 0 Å². The molecule has 4 rings (SSSR count). The van der Waals surface area contributed by atoms with Crippen molar-refractivity contribution in [1.82, 2.24) is 4.31 Å². The molecule has 1 N–H and O–H groups in total. The van der Waals surface area contributed by atoms with Crippen LogP contribution in [0.2, 0.25) is 10.0 Å². The van der Waals surface area contributed by atoms with Crippen LogP contribution in [-0.2, 0) is 10.0 Å². The lowest BCUT2D eigenvalue weighted by Gasteiger charge is -2.36. The predicted molar refractivity (Wildman–Crippen MR) is 144 cm³/mol. The van der Waals surface area contributed by atoms with E-state index in [1.165, 1.54) is 52.9 Å². The van der Waals surface area contributed by atoms with Gasteiger partial charge in [-0.05, 0) is 67.4 Å². The molecular weight excluding hydrogens is 521 g/mol. The fraction of sp³-hybridized carbons (Fsp3) is 0.269. The van der Waals surface area contributed by atoms with Crippen molar-refractivity contribution < 1.29 is 17.9 Å². The summed E-state index contributed by atoms with van der Waals surface area (Å²) in [4.78, 5) is 15.1. The minimum Gasteiger partial charge on any atom is -0.495 e. The maximum Gasteiger partial charge on any atom is 0.257 e. The van der Waals surface area contributed by atoms with Crippen LogP contribution in [0.3, 0.4) is 0 Å². The zero-order valence-electron chi connectivity index (χ0n) is 20.2. The molecule has 36 heavy (non-hydrogen) atoms. The van der Waals surface area contributed by atoms with E-state index in [9.17, 15) is 13.2 Å². The van der Waals surface area contributed by atoms with Crippen LogP contribution in [0.4, 0.5) is 11.4 Å². The Labute approximate surface area is 221 Å². The fourth-order valence-electron chi connectivity index (χ4n) is 4.21. The van der Waals surface area contributed by atoms with Gasteiger partial charge in [-0.1, -0.05) is 35.3 Å². The van der Waals surface area contributed by atoms with Crippen molar-refractivity contribution in [2.75, 3.05) is 43.5 Å². The Balaban J connectivity index is 1.54. The Kier molecular flexibility index (Phi) is 7.80. The molecule has 1 fully saturated rings. The number of ether oxygens (including phenoxy) is 1. The second kappa shape index (κ2) is 10.7. The van der Waals surface area contributed by atoms with Gasteiger partial charge in [0.1, 0.15) is 5.75 Å². The lowest BCUT2D eigenvalue weighted by atomic mass is 10.1. The first-order valence-electron chi connectivity index (χ1n) is 11.4. The minimum absolute atomic E-state index is 0.0704. The molecule has 0 aliphatic carbocycles. The highest BCUT2D eigenvalue weighted by molar-refractivity contribution is 7.89. The number of carbonyl (C=O) groups is 1. The smallest absolute Gasteiger partial charge is 0.257 e. The molecule has 3 aromatic rings. The highest BCUT2D eigenvalue weighted by Gasteiger charge is 2.30. The van der Waals surface area contributed by atoms with Crippen molar-refractivity contribution in [3.05, 3.63) is 81.3 Å². The van der Waals surface area contributed by atoms with E-state index in [-0.39, 0.29) is 21.2 Å². The number of benzene rings is 3. The molecule has 0 aromatic heterocycles. The normalized spacial score (nSPS) is 14.5. The third kappa shape index (κ3) is 5.32. The van der Waals surface area contributed by atoms with Gasteiger partial charge in [0.15, 0.2) is 0 Å². The standard InChI is InChI=1S/C26H27Cl2N3O4S/c1-17-5-4-6-24(18(17)2)30-11-13-31(14-12-30)36(33,34)20-8-10-25(35-3)23(16-20)29-26(32)21-9-7-19(27)15-22(21)28/h4-10,15-16H,11-14H2,1-3H3,(H,29,32). The number of aryl methyl sites for hydroxylation is 1. The third-order valence-electron chi connectivity index (χ3n) is 6.39. The summed E-state index contributed by atoms with van der Waals surface area (Å²) < 4.78 is 33.8. The highest BCUT2D eigenvalue weighted by atomic mass is 35.5. The summed E-state index contributed by atoms with van der Waals surface area (Å²) in [6, 6.07) is 15.1. The Morgan fingerprint density at radius 3 is 2.36 bits per heavy atom. The number of carbonyl (C=O) groups excluding carboxylic acids is 1. The number of hydrogen-bond acceptors (Lipinski definition) is 5. The molecule has 190 valence electrons. The van der Waals surface area contributed by atoms with Crippen molar-refractivity contribution in [2.24, 2.45) is 0 Å². The van der Waals surface area contributed by atoms with E-state index in [2.05, 4.69) is 36.2 Å². The Bertz CT molecular complexity index is 1400. The highest BCUT2D eigenvalue weighted by Crippen LogP contribution is 2.31. The van der Waals surface area contributed by atoms with Gasteiger partial charge in [0, 0.05) is 36.9 Å². The Morgan fingerprint density at radius 2 is 1.69 bits per heavy atom. The number of halogens is 2. The van der Waals surface area contributed by atoms with Crippen LogP contribution >= 0.6 is 23.2 Å².